The minimum Gasteiger partial charge on any atom is -0.360 e. The van der Waals surface area contributed by atoms with Crippen LogP contribution in [0.4, 0.5) is 5.13 Å². The van der Waals surface area contributed by atoms with Crippen LogP contribution >= 0.6 is 34.5 Å². The molecule has 0 radical (unpaired) electrons. The predicted molar refractivity (Wildman–Crippen MR) is 174 cm³/mol. The van der Waals surface area contributed by atoms with Crippen LogP contribution in [-0.2, 0) is 16.6 Å². The van der Waals surface area contributed by atoms with Gasteiger partial charge in [0.15, 0.2) is 5.13 Å². The van der Waals surface area contributed by atoms with E-state index in [0.717, 1.165) is 93.6 Å². The first kappa shape index (κ1) is 30.0. The third-order valence-electron chi connectivity index (χ3n) is 9.16. The molecule has 1 N–H and O–H groups in total. The number of thiazole rings is 1. The number of carbonyl (C=O) groups excluding carboxylic acids is 1. The standard InChI is InChI=1S/C31H33Cl2N5O4S2/c1-37(2)44(40,41)36-30(39)19-9-13-25-26(16-19)43-31(34-25)38-20-10-11-21(38)15-17(14-20)6-12-22-28(35-42-29(22)18-7-8-18)27-23(32)4-3-5-24(27)33/h3-5,9,13,16-18,20-21H,6-8,10-12,14-15H2,1-2H3,(H,36,39). The van der Waals surface area contributed by atoms with E-state index in [-0.39, 0.29) is 5.56 Å². The minimum atomic E-state index is -3.87. The van der Waals surface area contributed by atoms with Crippen LogP contribution in [0.3, 0.4) is 0 Å². The maximum absolute atomic E-state index is 12.6. The molecule has 7 rings (SSSR count). The highest BCUT2D eigenvalue weighted by Gasteiger charge is 2.42. The molecule has 13 heteroatoms. The van der Waals surface area contributed by atoms with Gasteiger partial charge in [0, 0.05) is 48.8 Å². The Hall–Kier alpha value is -2.70. The Morgan fingerprint density at radius 3 is 2.45 bits per heavy atom. The molecule has 1 amide bonds. The number of halogens is 2. The predicted octanol–water partition coefficient (Wildman–Crippen LogP) is 7.05. The molecule has 0 spiro atoms. The van der Waals surface area contributed by atoms with Gasteiger partial charge in [-0.1, -0.05) is 45.8 Å². The summed E-state index contributed by atoms with van der Waals surface area (Å²) < 4.78 is 34.1. The molecular weight excluding hydrogens is 641 g/mol. The maximum Gasteiger partial charge on any atom is 0.303 e. The minimum absolute atomic E-state index is 0.288. The number of aromatic nitrogens is 2. The Labute approximate surface area is 270 Å². The van der Waals surface area contributed by atoms with E-state index in [1.54, 1.807) is 29.5 Å². The highest BCUT2D eigenvalue weighted by molar-refractivity contribution is 7.87. The number of amides is 1. The fourth-order valence-electron chi connectivity index (χ4n) is 6.77. The quantitative estimate of drug-likeness (QED) is 0.203. The number of benzene rings is 2. The summed E-state index contributed by atoms with van der Waals surface area (Å²) in [6.07, 6.45) is 8.64. The zero-order valence-corrected chi connectivity index (χ0v) is 27.6. The number of nitrogens with zero attached hydrogens (tertiary/aromatic N) is 4. The molecule has 2 saturated heterocycles. The molecule has 44 heavy (non-hydrogen) atoms. The van der Waals surface area contributed by atoms with Gasteiger partial charge in [-0.25, -0.2) is 9.71 Å². The van der Waals surface area contributed by atoms with Gasteiger partial charge in [0.1, 0.15) is 11.5 Å². The fraction of sp³-hybridized carbons (Fsp3) is 0.452. The molecule has 2 atom stereocenters. The summed E-state index contributed by atoms with van der Waals surface area (Å²) in [5.74, 6) is 1.35. The molecule has 2 unspecified atom stereocenters. The molecule has 1 saturated carbocycles. The van der Waals surface area contributed by atoms with E-state index in [1.165, 1.54) is 14.1 Å². The number of hydrogen-bond acceptors (Lipinski definition) is 8. The lowest BCUT2D eigenvalue weighted by molar-refractivity contribution is 0.0980. The molecule has 4 heterocycles. The number of nitrogens with one attached hydrogen (secondary N) is 1. The second-order valence-corrected chi connectivity index (χ2v) is 16.0. The van der Waals surface area contributed by atoms with Crippen LogP contribution in [0.1, 0.15) is 72.5 Å². The lowest BCUT2D eigenvalue weighted by atomic mass is 9.85. The van der Waals surface area contributed by atoms with Crippen LogP contribution in [-0.4, -0.2) is 54.9 Å². The summed E-state index contributed by atoms with van der Waals surface area (Å²) in [7, 11) is -1.12. The normalized spacial score (nSPS) is 21.8. The first-order chi connectivity index (χ1) is 21.1. The molecule has 9 nitrogen and oxygen atoms in total. The van der Waals surface area contributed by atoms with Crippen LogP contribution in [0.15, 0.2) is 40.9 Å². The van der Waals surface area contributed by atoms with E-state index in [9.17, 15) is 13.2 Å². The van der Waals surface area contributed by atoms with Crippen molar-refractivity contribution in [1.82, 2.24) is 19.2 Å². The molecule has 4 aromatic rings. The number of hydrogen-bond donors (Lipinski definition) is 1. The number of anilines is 1. The topological polar surface area (TPSA) is 109 Å². The van der Waals surface area contributed by atoms with E-state index in [0.29, 0.717) is 34.0 Å². The highest BCUT2D eigenvalue weighted by atomic mass is 35.5. The first-order valence-corrected chi connectivity index (χ1v) is 18.0. The zero-order chi connectivity index (χ0) is 30.7. The lowest BCUT2D eigenvalue weighted by Crippen LogP contribution is -2.43. The second kappa shape index (κ2) is 11.6. The van der Waals surface area contributed by atoms with E-state index < -0.39 is 16.1 Å². The van der Waals surface area contributed by atoms with Gasteiger partial charge < -0.3 is 9.42 Å². The van der Waals surface area contributed by atoms with Crippen LogP contribution in [0.2, 0.25) is 10.0 Å². The van der Waals surface area contributed by atoms with E-state index >= 15 is 0 Å². The van der Waals surface area contributed by atoms with Crippen molar-refractivity contribution in [2.24, 2.45) is 5.92 Å². The zero-order valence-electron chi connectivity index (χ0n) is 24.4. The summed E-state index contributed by atoms with van der Waals surface area (Å²) in [6.45, 7) is 0. The molecule has 2 aliphatic heterocycles. The summed E-state index contributed by atoms with van der Waals surface area (Å²) in [5.41, 5.74) is 3.79. The highest BCUT2D eigenvalue weighted by Crippen LogP contribution is 2.48. The molecule has 3 fully saturated rings. The summed E-state index contributed by atoms with van der Waals surface area (Å²) in [5, 5.41) is 6.61. The van der Waals surface area contributed by atoms with Crippen LogP contribution in [0.25, 0.3) is 21.5 Å². The molecule has 2 aromatic heterocycles. The van der Waals surface area contributed by atoms with Gasteiger partial charge in [-0.05, 0) is 87.6 Å². The van der Waals surface area contributed by atoms with Gasteiger partial charge in [-0.15, -0.1) is 0 Å². The average molecular weight is 675 g/mol. The summed E-state index contributed by atoms with van der Waals surface area (Å²) in [6, 6.07) is 11.5. The van der Waals surface area contributed by atoms with E-state index in [2.05, 4.69) is 14.8 Å². The molecule has 2 aromatic carbocycles. The third-order valence-corrected chi connectivity index (χ3v) is 12.2. The lowest BCUT2D eigenvalue weighted by Gasteiger charge is -2.39. The summed E-state index contributed by atoms with van der Waals surface area (Å²) >= 11 is 14.7. The van der Waals surface area contributed by atoms with Crippen molar-refractivity contribution in [2.45, 2.75) is 69.4 Å². The number of rotatable bonds is 9. The Bertz CT molecular complexity index is 1820. The van der Waals surface area contributed by atoms with Crippen molar-refractivity contribution >= 4 is 66.0 Å². The fourth-order valence-corrected chi connectivity index (χ4v) is 9.03. The average Bonchev–Trinajstić information content (AvgIpc) is 3.51. The molecule has 232 valence electrons. The monoisotopic (exact) mass is 673 g/mol. The van der Waals surface area contributed by atoms with Gasteiger partial charge in [0.05, 0.1) is 20.3 Å². The van der Waals surface area contributed by atoms with Gasteiger partial charge >= 0.3 is 10.2 Å². The SMILES string of the molecule is CN(C)S(=O)(=O)NC(=O)c1ccc2nc(N3C4CCC3CC(CCc3c(-c5c(Cl)cccc5Cl)noc3C3CC3)C4)sc2c1. The van der Waals surface area contributed by atoms with Crippen molar-refractivity contribution in [3.05, 3.63) is 63.3 Å². The second-order valence-electron chi connectivity index (χ2n) is 12.3. The Morgan fingerprint density at radius 1 is 1.09 bits per heavy atom. The number of carbonyl (C=O) groups is 1. The van der Waals surface area contributed by atoms with Crippen molar-refractivity contribution in [1.29, 1.82) is 0 Å². The molecular formula is C31H33Cl2N5O4S2. The smallest absolute Gasteiger partial charge is 0.303 e. The van der Waals surface area contributed by atoms with Crippen molar-refractivity contribution in [3.8, 4) is 11.3 Å². The molecule has 1 aliphatic carbocycles. The Kier molecular flexibility index (Phi) is 7.89. The largest absolute Gasteiger partial charge is 0.360 e. The van der Waals surface area contributed by atoms with Gasteiger partial charge in [0.25, 0.3) is 5.91 Å². The molecule has 2 bridgehead atoms. The van der Waals surface area contributed by atoms with E-state index in [1.807, 2.05) is 18.2 Å². The number of piperidine rings is 1. The van der Waals surface area contributed by atoms with Crippen molar-refractivity contribution in [2.75, 3.05) is 19.0 Å². The van der Waals surface area contributed by atoms with Crippen LogP contribution in [0, 0.1) is 5.92 Å². The maximum atomic E-state index is 12.6. The van der Waals surface area contributed by atoms with Gasteiger partial charge in [0.2, 0.25) is 0 Å². The number of fused-ring (bicyclic) bond motifs is 3. The van der Waals surface area contributed by atoms with Gasteiger partial charge in [-0.3, -0.25) is 4.79 Å². The van der Waals surface area contributed by atoms with Crippen molar-refractivity contribution in [3.63, 3.8) is 0 Å². The summed E-state index contributed by atoms with van der Waals surface area (Å²) in [4.78, 5) is 20.1. The Balaban J connectivity index is 1.06. The van der Waals surface area contributed by atoms with Crippen molar-refractivity contribution < 1.29 is 17.7 Å². The van der Waals surface area contributed by atoms with Crippen LogP contribution < -0.4 is 9.62 Å². The first-order valence-electron chi connectivity index (χ1n) is 15.0. The molecule has 3 aliphatic rings. The van der Waals surface area contributed by atoms with Gasteiger partial charge in [-0.2, -0.15) is 12.7 Å². The Morgan fingerprint density at radius 2 is 1.80 bits per heavy atom. The third kappa shape index (κ3) is 5.62. The van der Waals surface area contributed by atoms with E-state index in [4.69, 9.17) is 32.7 Å². The van der Waals surface area contributed by atoms with Crippen LogP contribution in [0.5, 0.6) is 0 Å².